The van der Waals surface area contributed by atoms with Crippen LogP contribution in [0.2, 0.25) is 0 Å². The third-order valence-corrected chi connectivity index (χ3v) is 4.42. The maximum atomic E-state index is 11.2. The molecule has 1 unspecified atom stereocenters. The number of thioether (sulfide) groups is 1. The molecule has 7 heteroatoms. The molecule has 1 atom stereocenters. The number of hydrogen-bond donors (Lipinski definition) is 1. The number of carboxylic acids is 1. The third-order valence-electron chi connectivity index (χ3n) is 2.95. The molecule has 110 valence electrons. The first-order valence-corrected chi connectivity index (χ1v) is 7.21. The molecular formula is C14H14N2O4S. The van der Waals surface area contributed by atoms with Crippen molar-refractivity contribution in [3.05, 3.63) is 40.4 Å². The topological polar surface area (TPSA) is 93.3 Å². The number of aliphatic carboxylic acids is 1. The summed E-state index contributed by atoms with van der Waals surface area (Å²) in [7, 11) is 0. The van der Waals surface area contributed by atoms with Crippen molar-refractivity contribution in [3.63, 3.8) is 0 Å². The van der Waals surface area contributed by atoms with Crippen molar-refractivity contribution in [1.29, 1.82) is 0 Å². The number of aromatic nitrogens is 1. The van der Waals surface area contributed by atoms with Crippen molar-refractivity contribution < 1.29 is 14.8 Å². The Hall–Kier alpha value is -2.15. The molecule has 0 saturated carbocycles. The number of rotatable bonds is 5. The van der Waals surface area contributed by atoms with Crippen LogP contribution in [-0.2, 0) is 4.79 Å². The SMILES string of the molecule is CC(C)C(Sc1ccc2cc([N+](=O)[O-])ccc2n1)C(=O)O. The Morgan fingerprint density at radius 1 is 1.33 bits per heavy atom. The normalized spacial score (nSPS) is 12.5. The predicted molar refractivity (Wildman–Crippen MR) is 80.5 cm³/mol. The Kier molecular flexibility index (Phi) is 4.42. The lowest BCUT2D eigenvalue weighted by atomic mass is 10.1. The maximum Gasteiger partial charge on any atom is 0.317 e. The molecule has 1 heterocycles. The summed E-state index contributed by atoms with van der Waals surface area (Å²) in [5, 5.41) is 20.6. The van der Waals surface area contributed by atoms with E-state index < -0.39 is 16.1 Å². The van der Waals surface area contributed by atoms with Crippen molar-refractivity contribution in [2.45, 2.75) is 24.1 Å². The molecular weight excluding hydrogens is 292 g/mol. The second kappa shape index (κ2) is 6.09. The summed E-state index contributed by atoms with van der Waals surface area (Å²) in [5.74, 6) is -0.901. The number of carbonyl (C=O) groups is 1. The largest absolute Gasteiger partial charge is 0.480 e. The number of nitrogens with zero attached hydrogens (tertiary/aromatic N) is 2. The monoisotopic (exact) mass is 306 g/mol. The fourth-order valence-electron chi connectivity index (χ4n) is 1.88. The predicted octanol–water partition coefficient (Wildman–Crippen LogP) is 3.34. The van der Waals surface area contributed by atoms with E-state index >= 15 is 0 Å². The molecule has 0 amide bonds. The van der Waals surface area contributed by atoms with Gasteiger partial charge < -0.3 is 5.11 Å². The molecule has 1 N–H and O–H groups in total. The quantitative estimate of drug-likeness (QED) is 0.517. The van der Waals surface area contributed by atoms with Gasteiger partial charge in [-0.15, -0.1) is 0 Å². The van der Waals surface area contributed by atoms with E-state index in [-0.39, 0.29) is 11.6 Å². The summed E-state index contributed by atoms with van der Waals surface area (Å²) < 4.78 is 0. The lowest BCUT2D eigenvalue weighted by molar-refractivity contribution is -0.384. The van der Waals surface area contributed by atoms with Gasteiger partial charge in [-0.05, 0) is 24.1 Å². The molecule has 0 aliphatic rings. The van der Waals surface area contributed by atoms with E-state index in [2.05, 4.69) is 4.98 Å². The Labute approximate surface area is 125 Å². The second-order valence-electron chi connectivity index (χ2n) is 4.90. The van der Waals surface area contributed by atoms with Gasteiger partial charge in [-0.2, -0.15) is 0 Å². The van der Waals surface area contributed by atoms with Crippen molar-refractivity contribution in [3.8, 4) is 0 Å². The summed E-state index contributed by atoms with van der Waals surface area (Å²) in [6.07, 6.45) is 0. The first-order chi connectivity index (χ1) is 9.88. The highest BCUT2D eigenvalue weighted by atomic mass is 32.2. The van der Waals surface area contributed by atoms with E-state index in [9.17, 15) is 20.0 Å². The Morgan fingerprint density at radius 2 is 2.05 bits per heavy atom. The second-order valence-corrected chi connectivity index (χ2v) is 6.07. The third kappa shape index (κ3) is 3.49. The first-order valence-electron chi connectivity index (χ1n) is 6.33. The zero-order chi connectivity index (χ0) is 15.6. The van der Waals surface area contributed by atoms with Crippen LogP contribution in [0, 0.1) is 16.0 Å². The minimum atomic E-state index is -0.874. The first kappa shape index (κ1) is 15.2. The number of hydrogen-bond acceptors (Lipinski definition) is 5. The van der Waals surface area contributed by atoms with Crippen LogP contribution in [0.1, 0.15) is 13.8 Å². The maximum absolute atomic E-state index is 11.2. The number of pyridine rings is 1. The number of fused-ring (bicyclic) bond motifs is 1. The van der Waals surface area contributed by atoms with Gasteiger partial charge in [0.1, 0.15) is 5.25 Å². The van der Waals surface area contributed by atoms with Crippen LogP contribution < -0.4 is 0 Å². The van der Waals surface area contributed by atoms with Gasteiger partial charge in [-0.3, -0.25) is 14.9 Å². The van der Waals surface area contributed by atoms with Crippen molar-refractivity contribution in [2.24, 2.45) is 5.92 Å². The summed E-state index contributed by atoms with van der Waals surface area (Å²) in [4.78, 5) is 25.8. The van der Waals surface area contributed by atoms with E-state index in [0.29, 0.717) is 15.9 Å². The van der Waals surface area contributed by atoms with Crippen LogP contribution in [0.25, 0.3) is 10.9 Å². The van der Waals surface area contributed by atoms with Crippen molar-refractivity contribution in [1.82, 2.24) is 4.98 Å². The number of nitro benzene ring substituents is 1. The van der Waals surface area contributed by atoms with E-state index in [1.54, 1.807) is 18.2 Å². The van der Waals surface area contributed by atoms with Crippen LogP contribution in [-0.4, -0.2) is 26.2 Å². The average molecular weight is 306 g/mol. The van der Waals surface area contributed by atoms with Crippen LogP contribution in [0.4, 0.5) is 5.69 Å². The van der Waals surface area contributed by atoms with E-state index in [1.807, 2.05) is 13.8 Å². The van der Waals surface area contributed by atoms with Crippen molar-refractivity contribution in [2.75, 3.05) is 0 Å². The lowest BCUT2D eigenvalue weighted by Crippen LogP contribution is -2.22. The summed E-state index contributed by atoms with van der Waals surface area (Å²) in [5.41, 5.74) is 0.619. The standard InChI is InChI=1S/C14H14N2O4S/c1-8(2)13(14(17)18)21-12-6-3-9-7-10(16(19)20)4-5-11(9)15-12/h3-8,13H,1-2H3,(H,17,18). The van der Waals surface area contributed by atoms with Gasteiger partial charge >= 0.3 is 5.97 Å². The zero-order valence-corrected chi connectivity index (χ0v) is 12.3. The Balaban J connectivity index is 2.33. The highest BCUT2D eigenvalue weighted by molar-refractivity contribution is 8.00. The number of carboxylic acid groups (broad SMARTS) is 1. The van der Waals surface area contributed by atoms with Gasteiger partial charge in [-0.25, -0.2) is 4.98 Å². The number of nitro groups is 1. The minimum Gasteiger partial charge on any atom is -0.480 e. The smallest absolute Gasteiger partial charge is 0.317 e. The van der Waals surface area contributed by atoms with Gasteiger partial charge in [0.25, 0.3) is 5.69 Å². The molecule has 2 aromatic rings. The molecule has 0 saturated heterocycles. The van der Waals surface area contributed by atoms with Crippen LogP contribution in [0.15, 0.2) is 35.4 Å². The molecule has 21 heavy (non-hydrogen) atoms. The lowest BCUT2D eigenvalue weighted by Gasteiger charge is -2.15. The molecule has 0 radical (unpaired) electrons. The van der Waals surface area contributed by atoms with Gasteiger partial charge in [0.2, 0.25) is 0 Å². The fourth-order valence-corrected chi connectivity index (χ4v) is 2.81. The van der Waals surface area contributed by atoms with Crippen molar-refractivity contribution >= 4 is 34.3 Å². The highest BCUT2D eigenvalue weighted by Crippen LogP contribution is 2.29. The Bertz CT molecular complexity index is 702. The summed E-state index contributed by atoms with van der Waals surface area (Å²) in [6.45, 7) is 3.69. The highest BCUT2D eigenvalue weighted by Gasteiger charge is 2.23. The Morgan fingerprint density at radius 3 is 2.62 bits per heavy atom. The number of non-ortho nitro benzene ring substituents is 1. The molecule has 0 aliphatic carbocycles. The van der Waals surface area contributed by atoms with Crippen LogP contribution in [0.3, 0.4) is 0 Å². The number of benzene rings is 1. The van der Waals surface area contributed by atoms with Gasteiger partial charge in [0.05, 0.1) is 15.5 Å². The fraction of sp³-hybridized carbons (Fsp3) is 0.286. The van der Waals surface area contributed by atoms with Gasteiger partial charge in [-0.1, -0.05) is 25.6 Å². The zero-order valence-electron chi connectivity index (χ0n) is 11.5. The molecule has 1 aromatic carbocycles. The summed E-state index contributed by atoms with van der Waals surface area (Å²) >= 11 is 1.19. The molecule has 2 rings (SSSR count). The molecule has 0 fully saturated rings. The molecule has 1 aromatic heterocycles. The minimum absolute atomic E-state index is 0.00953. The van der Waals surface area contributed by atoms with E-state index in [1.165, 1.54) is 23.9 Å². The van der Waals surface area contributed by atoms with Gasteiger partial charge in [0.15, 0.2) is 0 Å². The molecule has 6 nitrogen and oxygen atoms in total. The summed E-state index contributed by atoms with van der Waals surface area (Å²) in [6, 6.07) is 7.82. The van der Waals surface area contributed by atoms with Crippen LogP contribution in [0.5, 0.6) is 0 Å². The van der Waals surface area contributed by atoms with Gasteiger partial charge in [0, 0.05) is 17.5 Å². The average Bonchev–Trinajstić information content (AvgIpc) is 2.43. The van der Waals surface area contributed by atoms with Crippen LogP contribution >= 0.6 is 11.8 Å². The molecule has 0 aliphatic heterocycles. The molecule has 0 spiro atoms. The van der Waals surface area contributed by atoms with E-state index in [0.717, 1.165) is 0 Å². The molecule has 0 bridgehead atoms. The van der Waals surface area contributed by atoms with E-state index in [4.69, 9.17) is 0 Å².